The second-order valence-corrected chi connectivity index (χ2v) is 5.48. The summed E-state index contributed by atoms with van der Waals surface area (Å²) in [6.07, 6.45) is 5.39. The van der Waals surface area contributed by atoms with Gasteiger partial charge in [0.25, 0.3) is 5.95 Å². The minimum Gasteiger partial charge on any atom is -0.357 e. The quantitative estimate of drug-likeness (QED) is 0.668. The third-order valence-corrected chi connectivity index (χ3v) is 3.23. The van der Waals surface area contributed by atoms with Crippen molar-refractivity contribution in [2.45, 2.75) is 6.42 Å². The maximum absolute atomic E-state index is 11.0. The number of hydrogen-bond donors (Lipinski definition) is 2. The van der Waals surface area contributed by atoms with Crippen LogP contribution in [0.5, 0.6) is 0 Å². The number of nitrogens with one attached hydrogen (secondary N) is 2. The molecule has 2 aromatic rings. The molecule has 1 atom stereocenters. The summed E-state index contributed by atoms with van der Waals surface area (Å²) in [5, 5.41) is 9.92. The fraction of sp³-hybridized carbons (Fsp3) is 0.500. The van der Waals surface area contributed by atoms with Gasteiger partial charge in [0.2, 0.25) is 11.9 Å². The maximum Gasteiger partial charge on any atom is 0.258 e. The van der Waals surface area contributed by atoms with Crippen molar-refractivity contribution in [1.29, 1.82) is 0 Å². The van der Waals surface area contributed by atoms with E-state index in [1.165, 1.54) is 17.3 Å². The molecule has 0 spiro atoms. The van der Waals surface area contributed by atoms with Crippen molar-refractivity contribution in [2.75, 3.05) is 36.2 Å². The van der Waals surface area contributed by atoms with Crippen LogP contribution in [0.4, 0.5) is 11.9 Å². The van der Waals surface area contributed by atoms with Gasteiger partial charge in [-0.05, 0) is 6.42 Å². The summed E-state index contributed by atoms with van der Waals surface area (Å²) < 4.78 is 12.4. The van der Waals surface area contributed by atoms with E-state index in [1.807, 2.05) is 0 Å². The van der Waals surface area contributed by atoms with Crippen LogP contribution in [0.1, 0.15) is 6.42 Å². The molecule has 20 heavy (non-hydrogen) atoms. The first-order valence-electron chi connectivity index (χ1n) is 6.02. The van der Waals surface area contributed by atoms with Crippen LogP contribution in [0.15, 0.2) is 12.7 Å². The SMILES string of the molecule is CNc1nc(NCCCS(C)=O)nc(-n2cncn2)n1. The molecule has 0 aliphatic carbocycles. The zero-order valence-electron chi connectivity index (χ0n) is 11.3. The zero-order valence-corrected chi connectivity index (χ0v) is 12.1. The van der Waals surface area contributed by atoms with Gasteiger partial charge in [-0.25, -0.2) is 4.98 Å². The highest BCUT2D eigenvalue weighted by Crippen LogP contribution is 2.07. The molecule has 0 saturated carbocycles. The Morgan fingerprint density at radius 1 is 1.30 bits per heavy atom. The van der Waals surface area contributed by atoms with Crippen molar-refractivity contribution in [1.82, 2.24) is 29.7 Å². The Hall–Kier alpha value is -2.10. The normalized spacial score (nSPS) is 12.1. The van der Waals surface area contributed by atoms with E-state index in [0.717, 1.165) is 6.42 Å². The van der Waals surface area contributed by atoms with Gasteiger partial charge in [-0.15, -0.1) is 0 Å². The van der Waals surface area contributed by atoms with Crippen LogP contribution < -0.4 is 10.6 Å². The van der Waals surface area contributed by atoms with Crippen molar-refractivity contribution in [3.63, 3.8) is 0 Å². The Morgan fingerprint density at radius 3 is 2.75 bits per heavy atom. The molecule has 2 N–H and O–H groups in total. The van der Waals surface area contributed by atoms with Gasteiger partial charge in [0.1, 0.15) is 12.7 Å². The van der Waals surface area contributed by atoms with Gasteiger partial charge in [0.05, 0.1) is 0 Å². The molecule has 0 radical (unpaired) electrons. The Balaban J connectivity index is 2.08. The predicted molar refractivity (Wildman–Crippen MR) is 76.3 cm³/mol. The highest BCUT2D eigenvalue weighted by Gasteiger charge is 2.07. The van der Waals surface area contributed by atoms with Crippen LogP contribution in [-0.2, 0) is 10.8 Å². The van der Waals surface area contributed by atoms with E-state index in [2.05, 4.69) is 35.7 Å². The average Bonchev–Trinajstić information content (AvgIpc) is 2.97. The second kappa shape index (κ2) is 6.89. The van der Waals surface area contributed by atoms with Crippen molar-refractivity contribution in [3.8, 4) is 5.95 Å². The van der Waals surface area contributed by atoms with E-state index in [4.69, 9.17) is 0 Å². The van der Waals surface area contributed by atoms with Crippen LogP contribution in [0.25, 0.3) is 5.95 Å². The summed E-state index contributed by atoms with van der Waals surface area (Å²) in [7, 11) is 0.941. The summed E-state index contributed by atoms with van der Waals surface area (Å²) >= 11 is 0. The number of hydrogen-bond acceptors (Lipinski definition) is 8. The first-order valence-corrected chi connectivity index (χ1v) is 7.74. The van der Waals surface area contributed by atoms with E-state index in [1.54, 1.807) is 13.3 Å². The smallest absolute Gasteiger partial charge is 0.258 e. The molecule has 0 fully saturated rings. The van der Waals surface area contributed by atoms with Gasteiger partial charge in [-0.3, -0.25) is 4.21 Å². The molecule has 0 amide bonds. The first-order chi connectivity index (χ1) is 9.69. The van der Waals surface area contributed by atoms with Crippen LogP contribution in [0, 0.1) is 0 Å². The summed E-state index contributed by atoms with van der Waals surface area (Å²) in [5.41, 5.74) is 0. The van der Waals surface area contributed by atoms with E-state index < -0.39 is 10.8 Å². The second-order valence-electron chi connectivity index (χ2n) is 3.93. The monoisotopic (exact) mass is 296 g/mol. The molecule has 10 heteroatoms. The molecule has 0 bridgehead atoms. The molecule has 9 nitrogen and oxygen atoms in total. The molecule has 0 aromatic carbocycles. The average molecular weight is 296 g/mol. The van der Waals surface area contributed by atoms with Crippen LogP contribution in [0.3, 0.4) is 0 Å². The number of anilines is 2. The predicted octanol–water partition coefficient (Wildman–Crippen LogP) is -0.326. The van der Waals surface area contributed by atoms with Crippen LogP contribution in [-0.4, -0.2) is 59.5 Å². The standard InChI is InChI=1S/C10H16N8OS/c1-11-8-15-9(13-4-3-5-20(2)19)17-10(16-8)18-7-12-6-14-18/h6-7H,3-5H2,1-2H3,(H2,11,13,15,16,17). The fourth-order valence-electron chi connectivity index (χ4n) is 1.45. The molecule has 2 rings (SSSR count). The number of rotatable bonds is 7. The highest BCUT2D eigenvalue weighted by atomic mass is 32.2. The Bertz CT molecular complexity index is 573. The topological polar surface area (TPSA) is 111 Å². The summed E-state index contributed by atoms with van der Waals surface area (Å²) in [4.78, 5) is 16.5. The third kappa shape index (κ3) is 3.95. The van der Waals surface area contributed by atoms with E-state index in [0.29, 0.717) is 30.1 Å². The van der Waals surface area contributed by atoms with Crippen molar-refractivity contribution < 1.29 is 4.21 Å². The van der Waals surface area contributed by atoms with Gasteiger partial charge in [-0.2, -0.15) is 24.7 Å². The molecular formula is C10H16N8OS. The van der Waals surface area contributed by atoms with Crippen molar-refractivity contribution in [3.05, 3.63) is 12.7 Å². The lowest BCUT2D eigenvalue weighted by Crippen LogP contribution is -2.13. The minimum atomic E-state index is -0.786. The largest absolute Gasteiger partial charge is 0.357 e. The summed E-state index contributed by atoms with van der Waals surface area (Å²) in [6.45, 7) is 0.642. The van der Waals surface area contributed by atoms with E-state index in [-0.39, 0.29) is 0 Å². The molecular weight excluding hydrogens is 280 g/mol. The van der Waals surface area contributed by atoms with Gasteiger partial charge in [-0.1, -0.05) is 0 Å². The van der Waals surface area contributed by atoms with Crippen LogP contribution in [0.2, 0.25) is 0 Å². The van der Waals surface area contributed by atoms with Gasteiger partial charge < -0.3 is 10.6 Å². The molecule has 108 valence electrons. The Kier molecular flexibility index (Phi) is 4.93. The summed E-state index contributed by atoms with van der Waals surface area (Å²) in [5.74, 6) is 1.90. The van der Waals surface area contributed by atoms with Gasteiger partial charge in [0, 0.05) is 36.4 Å². The lowest BCUT2D eigenvalue weighted by Gasteiger charge is -2.07. The first kappa shape index (κ1) is 14.3. The molecule has 2 heterocycles. The van der Waals surface area contributed by atoms with Crippen molar-refractivity contribution in [2.24, 2.45) is 0 Å². The van der Waals surface area contributed by atoms with Crippen LogP contribution >= 0.6 is 0 Å². The lowest BCUT2D eigenvalue weighted by atomic mass is 10.5. The summed E-state index contributed by atoms with van der Waals surface area (Å²) in [6, 6.07) is 0. The molecule has 0 saturated heterocycles. The van der Waals surface area contributed by atoms with Gasteiger partial charge >= 0.3 is 0 Å². The molecule has 1 unspecified atom stereocenters. The fourth-order valence-corrected chi connectivity index (χ4v) is 2.00. The van der Waals surface area contributed by atoms with E-state index in [9.17, 15) is 4.21 Å². The molecule has 2 aromatic heterocycles. The van der Waals surface area contributed by atoms with Crippen molar-refractivity contribution >= 4 is 22.7 Å². The third-order valence-electron chi connectivity index (χ3n) is 2.36. The molecule has 0 aliphatic heterocycles. The van der Waals surface area contributed by atoms with E-state index >= 15 is 0 Å². The maximum atomic E-state index is 11.0. The lowest BCUT2D eigenvalue weighted by molar-refractivity contribution is 0.685. The Labute approximate surface area is 118 Å². The highest BCUT2D eigenvalue weighted by molar-refractivity contribution is 7.84. The zero-order chi connectivity index (χ0) is 14.4. The Morgan fingerprint density at radius 2 is 2.10 bits per heavy atom. The number of aromatic nitrogens is 6. The molecule has 0 aliphatic rings. The van der Waals surface area contributed by atoms with Gasteiger partial charge in [0.15, 0.2) is 0 Å². The number of nitrogens with zero attached hydrogens (tertiary/aromatic N) is 6. The minimum absolute atomic E-state index is 0.378.